The second-order valence-corrected chi connectivity index (χ2v) is 8.10. The van der Waals surface area contributed by atoms with E-state index in [2.05, 4.69) is 10.9 Å². The lowest BCUT2D eigenvalue weighted by molar-refractivity contribution is -0.130. The molecule has 0 heterocycles. The van der Waals surface area contributed by atoms with Crippen molar-refractivity contribution in [3.63, 3.8) is 0 Å². The van der Waals surface area contributed by atoms with Crippen molar-refractivity contribution in [3.05, 3.63) is 58.9 Å². The van der Waals surface area contributed by atoms with E-state index in [1.807, 2.05) is 4.72 Å². The first-order valence-electron chi connectivity index (χ1n) is 8.34. The van der Waals surface area contributed by atoms with Crippen molar-refractivity contribution in [1.29, 1.82) is 0 Å². The molecule has 2 amide bonds. The molecule has 0 spiro atoms. The second kappa shape index (κ2) is 9.68. The maximum Gasteiger partial charge on any atom is 0.276 e. The molecule has 0 fully saturated rings. The third kappa shape index (κ3) is 6.41. The van der Waals surface area contributed by atoms with Crippen molar-refractivity contribution in [1.82, 2.24) is 15.6 Å². The van der Waals surface area contributed by atoms with Gasteiger partial charge in [-0.3, -0.25) is 20.4 Å². The first-order chi connectivity index (χ1) is 13.6. The van der Waals surface area contributed by atoms with Gasteiger partial charge < -0.3 is 4.74 Å². The van der Waals surface area contributed by atoms with Gasteiger partial charge in [0.1, 0.15) is 16.5 Å². The van der Waals surface area contributed by atoms with E-state index in [-0.39, 0.29) is 0 Å². The van der Waals surface area contributed by atoms with Gasteiger partial charge in [-0.2, -0.15) is 4.72 Å². The van der Waals surface area contributed by atoms with E-state index >= 15 is 0 Å². The number of carbonyl (C=O) groups excluding carboxylic acids is 2. The molecule has 0 aliphatic carbocycles. The second-order valence-electron chi connectivity index (χ2n) is 6.01. The molecular weight excluding hydrogens is 425 g/mol. The summed E-state index contributed by atoms with van der Waals surface area (Å²) in [4.78, 5) is 23.2. The van der Waals surface area contributed by atoms with Gasteiger partial charge in [-0.15, -0.1) is 0 Å². The fourth-order valence-corrected chi connectivity index (χ4v) is 3.54. The maximum absolute atomic E-state index is 13.7. The maximum atomic E-state index is 13.7. The molecular formula is C18H19ClFN3O5S. The minimum absolute atomic E-state index is 0.392. The number of benzene rings is 2. The van der Waals surface area contributed by atoms with Crippen LogP contribution in [0.25, 0.3) is 0 Å². The summed E-state index contributed by atoms with van der Waals surface area (Å²) in [6.07, 6.45) is 0. The van der Waals surface area contributed by atoms with E-state index in [9.17, 15) is 22.4 Å². The quantitative estimate of drug-likeness (QED) is 0.563. The number of halogens is 2. The number of sulfonamides is 1. The molecule has 156 valence electrons. The first-order valence-corrected chi connectivity index (χ1v) is 10.2. The van der Waals surface area contributed by atoms with Crippen molar-refractivity contribution < 1.29 is 27.1 Å². The highest BCUT2D eigenvalue weighted by molar-refractivity contribution is 7.89. The van der Waals surface area contributed by atoms with Crippen molar-refractivity contribution in [2.75, 3.05) is 6.61 Å². The predicted octanol–water partition coefficient (Wildman–Crippen LogP) is 1.68. The van der Waals surface area contributed by atoms with Crippen LogP contribution in [0.2, 0.25) is 5.02 Å². The molecule has 2 rings (SSSR count). The highest BCUT2D eigenvalue weighted by atomic mass is 35.5. The summed E-state index contributed by atoms with van der Waals surface area (Å²) in [6, 6.07) is 8.32. The van der Waals surface area contributed by atoms with Crippen LogP contribution in [0, 0.1) is 12.7 Å². The number of hydrazine groups is 1. The van der Waals surface area contributed by atoms with Crippen molar-refractivity contribution in [2.45, 2.75) is 24.8 Å². The number of ether oxygens (including phenoxy) is 1. The summed E-state index contributed by atoms with van der Waals surface area (Å²) in [5.41, 5.74) is 4.94. The molecule has 2 aromatic carbocycles. The van der Waals surface area contributed by atoms with Gasteiger partial charge >= 0.3 is 0 Å². The third-order valence-electron chi connectivity index (χ3n) is 3.68. The molecule has 0 aliphatic rings. The van der Waals surface area contributed by atoms with Gasteiger partial charge in [-0.05, 0) is 49.7 Å². The van der Waals surface area contributed by atoms with E-state index in [1.165, 1.54) is 19.1 Å². The SMILES string of the molecule is Cc1cc(OCC(=O)NNC(=O)[C@H](C)NS(=O)(=O)c2ccccc2F)ccc1Cl. The van der Waals surface area contributed by atoms with Crippen molar-refractivity contribution in [3.8, 4) is 5.75 Å². The van der Waals surface area contributed by atoms with Gasteiger partial charge in [0, 0.05) is 5.02 Å². The van der Waals surface area contributed by atoms with Crippen LogP contribution in [0.4, 0.5) is 4.39 Å². The summed E-state index contributed by atoms with van der Waals surface area (Å²) in [6.45, 7) is 2.63. The molecule has 0 aliphatic heterocycles. The normalized spacial score (nSPS) is 12.1. The van der Waals surface area contributed by atoms with Crippen LogP contribution in [0.5, 0.6) is 5.75 Å². The fourth-order valence-electron chi connectivity index (χ4n) is 2.14. The number of nitrogens with one attached hydrogen (secondary N) is 3. The molecule has 0 aromatic heterocycles. The van der Waals surface area contributed by atoms with Crippen LogP contribution in [-0.2, 0) is 19.6 Å². The highest BCUT2D eigenvalue weighted by Crippen LogP contribution is 2.20. The zero-order chi connectivity index (χ0) is 21.6. The average Bonchev–Trinajstić information content (AvgIpc) is 2.66. The Hall–Kier alpha value is -2.69. The zero-order valence-electron chi connectivity index (χ0n) is 15.5. The number of hydrogen-bond acceptors (Lipinski definition) is 5. The minimum Gasteiger partial charge on any atom is -0.484 e. The molecule has 1 atom stereocenters. The smallest absolute Gasteiger partial charge is 0.276 e. The molecule has 0 bridgehead atoms. The number of rotatable bonds is 7. The predicted molar refractivity (Wildman–Crippen MR) is 104 cm³/mol. The first kappa shape index (κ1) is 22.6. The van der Waals surface area contributed by atoms with Crippen LogP contribution in [-0.4, -0.2) is 32.9 Å². The van der Waals surface area contributed by atoms with Gasteiger partial charge in [0.2, 0.25) is 10.0 Å². The van der Waals surface area contributed by atoms with Crippen LogP contribution < -0.4 is 20.3 Å². The van der Waals surface area contributed by atoms with E-state index in [4.69, 9.17) is 16.3 Å². The monoisotopic (exact) mass is 443 g/mol. The van der Waals surface area contributed by atoms with E-state index in [0.29, 0.717) is 10.8 Å². The minimum atomic E-state index is -4.26. The molecule has 2 aromatic rings. The van der Waals surface area contributed by atoms with Crippen LogP contribution >= 0.6 is 11.6 Å². The van der Waals surface area contributed by atoms with Crippen molar-refractivity contribution >= 4 is 33.4 Å². The third-order valence-corrected chi connectivity index (χ3v) is 5.67. The molecule has 0 radical (unpaired) electrons. The van der Waals surface area contributed by atoms with Crippen LogP contribution in [0.1, 0.15) is 12.5 Å². The molecule has 0 unspecified atom stereocenters. The summed E-state index contributed by atoms with van der Waals surface area (Å²) in [5, 5.41) is 0.556. The number of aryl methyl sites for hydroxylation is 1. The van der Waals surface area contributed by atoms with E-state index < -0.39 is 45.2 Å². The Morgan fingerprint density at radius 3 is 2.52 bits per heavy atom. The number of carbonyl (C=O) groups is 2. The van der Waals surface area contributed by atoms with Crippen LogP contribution in [0.3, 0.4) is 0 Å². The molecule has 29 heavy (non-hydrogen) atoms. The van der Waals surface area contributed by atoms with Crippen LogP contribution in [0.15, 0.2) is 47.4 Å². The Labute approximate surface area is 172 Å². The topological polar surface area (TPSA) is 114 Å². The lowest BCUT2D eigenvalue weighted by Crippen LogP contribution is -2.51. The molecule has 11 heteroatoms. The molecule has 0 saturated heterocycles. The molecule has 3 N–H and O–H groups in total. The lowest BCUT2D eigenvalue weighted by atomic mass is 10.2. The average molecular weight is 444 g/mol. The molecule has 0 saturated carbocycles. The zero-order valence-corrected chi connectivity index (χ0v) is 17.1. The fraction of sp³-hybridized carbons (Fsp3) is 0.222. The molecule has 8 nitrogen and oxygen atoms in total. The summed E-state index contributed by atoms with van der Waals surface area (Å²) in [7, 11) is -4.26. The Balaban J connectivity index is 1.84. The summed E-state index contributed by atoms with van der Waals surface area (Å²) in [5.74, 6) is -2.05. The standard InChI is InChI=1S/C18H19ClFN3O5S/c1-11-9-13(7-8-14(11)19)28-10-17(24)21-22-18(25)12(2)23-29(26,27)16-6-4-3-5-15(16)20/h3-9,12,23H,10H2,1-2H3,(H,21,24)(H,22,25)/t12-/m0/s1. The summed E-state index contributed by atoms with van der Waals surface area (Å²) < 4.78 is 45.3. The van der Waals surface area contributed by atoms with Gasteiger partial charge in [-0.25, -0.2) is 12.8 Å². The van der Waals surface area contributed by atoms with Gasteiger partial charge in [0.25, 0.3) is 11.8 Å². The Morgan fingerprint density at radius 2 is 1.86 bits per heavy atom. The van der Waals surface area contributed by atoms with Gasteiger partial charge in [0.05, 0.1) is 6.04 Å². The number of hydrogen-bond donors (Lipinski definition) is 3. The largest absolute Gasteiger partial charge is 0.484 e. The van der Waals surface area contributed by atoms with E-state index in [0.717, 1.165) is 17.7 Å². The Bertz CT molecular complexity index is 1020. The lowest BCUT2D eigenvalue weighted by Gasteiger charge is -2.15. The highest BCUT2D eigenvalue weighted by Gasteiger charge is 2.24. The Morgan fingerprint density at radius 1 is 1.17 bits per heavy atom. The van der Waals surface area contributed by atoms with Crippen molar-refractivity contribution in [2.24, 2.45) is 0 Å². The van der Waals surface area contributed by atoms with Gasteiger partial charge in [0.15, 0.2) is 6.61 Å². The van der Waals surface area contributed by atoms with Gasteiger partial charge in [-0.1, -0.05) is 23.7 Å². The Kier molecular flexibility index (Phi) is 7.54. The van der Waals surface area contributed by atoms with E-state index in [1.54, 1.807) is 25.1 Å². The summed E-state index contributed by atoms with van der Waals surface area (Å²) >= 11 is 5.90. The number of amides is 2.